The number of anilines is 2. The van der Waals surface area contributed by atoms with E-state index in [0.29, 0.717) is 11.3 Å². The molecule has 1 amide bonds. The predicted molar refractivity (Wildman–Crippen MR) is 118 cm³/mol. The molecule has 1 aliphatic rings. The molecule has 1 aliphatic heterocycles. The number of hydrazone groups is 1. The van der Waals surface area contributed by atoms with Gasteiger partial charge in [0, 0.05) is 15.4 Å². The number of amides is 1. The van der Waals surface area contributed by atoms with Crippen molar-refractivity contribution in [3.05, 3.63) is 77.9 Å². The Labute approximate surface area is 178 Å². The fourth-order valence-electron chi connectivity index (χ4n) is 3.12. The lowest BCUT2D eigenvalue weighted by atomic mass is 10.1. The number of phenols is 1. The Morgan fingerprint density at radius 3 is 2.53 bits per heavy atom. The van der Waals surface area contributed by atoms with Crippen LogP contribution in [0.2, 0.25) is 0 Å². The SMILES string of the molecule is CC(=O)c1ccc2c(c1)N(C(=O)CNN=Cc1ccc(O)cc1)c1ccccc1S2. The van der Waals surface area contributed by atoms with E-state index < -0.39 is 0 Å². The monoisotopic (exact) mass is 417 g/mol. The zero-order valence-corrected chi connectivity index (χ0v) is 17.0. The second-order valence-corrected chi connectivity index (χ2v) is 7.81. The molecule has 150 valence electrons. The van der Waals surface area contributed by atoms with Crippen molar-refractivity contribution < 1.29 is 14.7 Å². The number of nitrogens with zero attached hydrogens (tertiary/aromatic N) is 2. The number of nitrogens with one attached hydrogen (secondary N) is 1. The fourth-order valence-corrected chi connectivity index (χ4v) is 4.15. The van der Waals surface area contributed by atoms with Crippen LogP contribution in [0, 0.1) is 0 Å². The highest BCUT2D eigenvalue weighted by atomic mass is 32.2. The molecular formula is C23H19N3O3S. The molecular weight excluding hydrogens is 398 g/mol. The van der Waals surface area contributed by atoms with Crippen molar-refractivity contribution in [2.45, 2.75) is 16.7 Å². The number of benzene rings is 3. The van der Waals surface area contributed by atoms with Crippen LogP contribution in [0.15, 0.2) is 81.6 Å². The molecule has 3 aromatic carbocycles. The van der Waals surface area contributed by atoms with Gasteiger partial charge in [-0.2, -0.15) is 5.10 Å². The van der Waals surface area contributed by atoms with Gasteiger partial charge in [-0.05, 0) is 61.0 Å². The van der Waals surface area contributed by atoms with Crippen molar-refractivity contribution in [3.63, 3.8) is 0 Å². The van der Waals surface area contributed by atoms with Gasteiger partial charge in [0.1, 0.15) is 12.3 Å². The molecule has 4 rings (SSSR count). The average molecular weight is 417 g/mol. The minimum atomic E-state index is -0.187. The summed E-state index contributed by atoms with van der Waals surface area (Å²) in [6, 6.07) is 19.7. The van der Waals surface area contributed by atoms with E-state index in [1.165, 1.54) is 6.92 Å². The average Bonchev–Trinajstić information content (AvgIpc) is 2.75. The van der Waals surface area contributed by atoms with E-state index in [1.54, 1.807) is 59.3 Å². The lowest BCUT2D eigenvalue weighted by Crippen LogP contribution is -2.35. The van der Waals surface area contributed by atoms with Crippen LogP contribution in [0.5, 0.6) is 5.75 Å². The number of carbonyl (C=O) groups excluding carboxylic acids is 2. The Hall–Kier alpha value is -3.58. The number of carbonyl (C=O) groups is 2. The smallest absolute Gasteiger partial charge is 0.252 e. The Balaban J connectivity index is 1.57. The fraction of sp³-hybridized carbons (Fsp3) is 0.0870. The van der Waals surface area contributed by atoms with Gasteiger partial charge in [0.05, 0.1) is 17.6 Å². The molecule has 1 heterocycles. The van der Waals surface area contributed by atoms with Gasteiger partial charge in [-0.1, -0.05) is 30.0 Å². The number of phenolic OH excluding ortho intramolecular Hbond substituents is 1. The van der Waals surface area contributed by atoms with E-state index in [4.69, 9.17) is 0 Å². The second-order valence-electron chi connectivity index (χ2n) is 6.72. The first-order chi connectivity index (χ1) is 14.5. The molecule has 0 aromatic heterocycles. The Bertz CT molecular complexity index is 1140. The van der Waals surface area contributed by atoms with Gasteiger partial charge in [0.25, 0.3) is 5.91 Å². The van der Waals surface area contributed by atoms with Crippen molar-refractivity contribution in [2.24, 2.45) is 5.10 Å². The first-order valence-electron chi connectivity index (χ1n) is 9.33. The van der Waals surface area contributed by atoms with Gasteiger partial charge in [0.2, 0.25) is 0 Å². The summed E-state index contributed by atoms with van der Waals surface area (Å²) in [6.45, 7) is 1.49. The highest BCUT2D eigenvalue weighted by molar-refractivity contribution is 7.99. The normalized spacial score (nSPS) is 12.4. The van der Waals surface area contributed by atoms with E-state index in [1.807, 2.05) is 30.3 Å². The number of hydrogen-bond donors (Lipinski definition) is 2. The Morgan fingerprint density at radius 1 is 1.03 bits per heavy atom. The summed E-state index contributed by atoms with van der Waals surface area (Å²) in [7, 11) is 0. The molecule has 0 saturated heterocycles. The predicted octanol–water partition coefficient (Wildman–Crippen LogP) is 4.35. The lowest BCUT2D eigenvalue weighted by Gasteiger charge is -2.31. The molecule has 0 saturated carbocycles. The van der Waals surface area contributed by atoms with Gasteiger partial charge in [-0.3, -0.25) is 14.5 Å². The molecule has 0 fully saturated rings. The van der Waals surface area contributed by atoms with Crippen LogP contribution in [0.4, 0.5) is 11.4 Å². The number of hydrogen-bond acceptors (Lipinski definition) is 6. The van der Waals surface area contributed by atoms with E-state index in [9.17, 15) is 14.7 Å². The Morgan fingerprint density at radius 2 is 1.77 bits per heavy atom. The van der Waals surface area contributed by atoms with E-state index >= 15 is 0 Å². The van der Waals surface area contributed by atoms with E-state index in [2.05, 4.69) is 10.5 Å². The molecule has 0 radical (unpaired) electrons. The summed E-state index contributed by atoms with van der Waals surface area (Å²) in [6.07, 6.45) is 1.58. The molecule has 7 heteroatoms. The van der Waals surface area contributed by atoms with Crippen molar-refractivity contribution in [2.75, 3.05) is 11.4 Å². The zero-order valence-electron chi connectivity index (χ0n) is 16.2. The third kappa shape index (κ3) is 4.06. The first kappa shape index (κ1) is 19.7. The van der Waals surface area contributed by atoms with Crippen LogP contribution in [0.1, 0.15) is 22.8 Å². The van der Waals surface area contributed by atoms with Crippen LogP contribution in [0.25, 0.3) is 0 Å². The maximum absolute atomic E-state index is 13.1. The van der Waals surface area contributed by atoms with Crippen LogP contribution in [-0.4, -0.2) is 29.6 Å². The van der Waals surface area contributed by atoms with Crippen LogP contribution in [-0.2, 0) is 4.79 Å². The summed E-state index contributed by atoms with van der Waals surface area (Å²) < 4.78 is 0. The highest BCUT2D eigenvalue weighted by Gasteiger charge is 2.28. The van der Waals surface area contributed by atoms with Crippen molar-refractivity contribution in [3.8, 4) is 5.75 Å². The van der Waals surface area contributed by atoms with Crippen LogP contribution < -0.4 is 10.3 Å². The second kappa shape index (κ2) is 8.42. The number of para-hydroxylation sites is 1. The highest BCUT2D eigenvalue weighted by Crippen LogP contribution is 2.48. The lowest BCUT2D eigenvalue weighted by molar-refractivity contribution is -0.117. The zero-order chi connectivity index (χ0) is 21.1. The Kier molecular flexibility index (Phi) is 5.54. The number of fused-ring (bicyclic) bond motifs is 2. The molecule has 0 aliphatic carbocycles. The van der Waals surface area contributed by atoms with Gasteiger partial charge >= 0.3 is 0 Å². The molecule has 6 nitrogen and oxygen atoms in total. The molecule has 30 heavy (non-hydrogen) atoms. The quantitative estimate of drug-likeness (QED) is 0.366. The van der Waals surface area contributed by atoms with Crippen LogP contribution in [0.3, 0.4) is 0 Å². The molecule has 3 aromatic rings. The summed E-state index contributed by atoms with van der Waals surface area (Å²) in [4.78, 5) is 28.5. The molecule has 0 bridgehead atoms. The van der Waals surface area contributed by atoms with Crippen molar-refractivity contribution in [1.29, 1.82) is 0 Å². The number of aromatic hydroxyl groups is 1. The third-order valence-corrected chi connectivity index (χ3v) is 5.74. The summed E-state index contributed by atoms with van der Waals surface area (Å²) >= 11 is 1.58. The maximum Gasteiger partial charge on any atom is 0.252 e. The molecule has 2 N–H and O–H groups in total. The maximum atomic E-state index is 13.1. The summed E-state index contributed by atoms with van der Waals surface area (Å²) in [5.41, 5.74) is 5.62. The van der Waals surface area contributed by atoms with Crippen LogP contribution >= 0.6 is 11.8 Å². The number of Topliss-reactive ketones (excluding diaryl/α,β-unsaturated/α-hetero) is 1. The minimum absolute atomic E-state index is 0.0165. The minimum Gasteiger partial charge on any atom is -0.508 e. The van der Waals surface area contributed by atoms with Gasteiger partial charge in [-0.25, -0.2) is 0 Å². The van der Waals surface area contributed by atoms with Crippen molar-refractivity contribution >= 4 is 41.0 Å². The molecule has 0 atom stereocenters. The van der Waals surface area contributed by atoms with E-state index in [-0.39, 0.29) is 24.0 Å². The summed E-state index contributed by atoms with van der Waals surface area (Å²) in [5, 5.41) is 13.4. The molecule has 0 spiro atoms. The van der Waals surface area contributed by atoms with E-state index in [0.717, 1.165) is 21.0 Å². The summed E-state index contributed by atoms with van der Waals surface area (Å²) in [5.74, 6) is -0.0567. The number of ketones is 1. The van der Waals surface area contributed by atoms with Crippen molar-refractivity contribution in [1.82, 2.24) is 5.43 Å². The topological polar surface area (TPSA) is 82.0 Å². The van der Waals surface area contributed by atoms with Gasteiger partial charge in [-0.15, -0.1) is 0 Å². The first-order valence-corrected chi connectivity index (χ1v) is 10.1. The third-order valence-electron chi connectivity index (χ3n) is 4.61. The van der Waals surface area contributed by atoms with Gasteiger partial charge < -0.3 is 10.5 Å². The number of rotatable bonds is 5. The molecule has 0 unspecified atom stereocenters. The van der Waals surface area contributed by atoms with Gasteiger partial charge in [0.15, 0.2) is 5.78 Å². The standard InChI is InChI=1S/C23H19N3O3S/c1-15(27)17-8-11-22-20(12-17)26(19-4-2-3-5-21(19)30-22)23(29)14-25-24-13-16-6-9-18(28)10-7-16/h2-13,25,28H,14H2,1H3. The largest absolute Gasteiger partial charge is 0.508 e.